The van der Waals surface area contributed by atoms with Crippen LogP contribution in [0.5, 0.6) is 0 Å². The average molecular weight is 203 g/mol. The van der Waals surface area contributed by atoms with Gasteiger partial charge < -0.3 is 10.1 Å². The van der Waals surface area contributed by atoms with E-state index in [9.17, 15) is 0 Å². The van der Waals surface area contributed by atoms with E-state index in [1.165, 1.54) is 24.1 Å². The third kappa shape index (κ3) is 1.80. The zero-order valence-corrected chi connectivity index (χ0v) is 8.91. The highest BCUT2D eigenvalue weighted by Crippen LogP contribution is 2.27. The van der Waals surface area contributed by atoms with Gasteiger partial charge in [0.2, 0.25) is 0 Å². The summed E-state index contributed by atoms with van der Waals surface area (Å²) in [5.74, 6) is 1.39. The van der Waals surface area contributed by atoms with Crippen LogP contribution in [0.3, 0.4) is 0 Å². The van der Waals surface area contributed by atoms with E-state index in [4.69, 9.17) is 4.74 Å². The Hall–Kier alpha value is -0.860. The van der Waals surface area contributed by atoms with Crippen molar-refractivity contribution in [3.8, 4) is 0 Å². The highest BCUT2D eigenvalue weighted by Gasteiger charge is 2.21. The minimum atomic E-state index is 0.653. The Morgan fingerprint density at radius 1 is 1.00 bits per heavy atom. The first-order valence-corrected chi connectivity index (χ1v) is 5.82. The van der Waals surface area contributed by atoms with E-state index in [1.807, 2.05) is 0 Å². The van der Waals surface area contributed by atoms with E-state index in [0.29, 0.717) is 5.92 Å². The fourth-order valence-electron chi connectivity index (χ4n) is 2.41. The summed E-state index contributed by atoms with van der Waals surface area (Å²) < 4.78 is 5.21. The molecule has 0 bridgehead atoms. The van der Waals surface area contributed by atoms with Crippen molar-refractivity contribution >= 4 is 0 Å². The molecule has 15 heavy (non-hydrogen) atoms. The smallest absolute Gasteiger partial charge is 0.0557 e. The van der Waals surface area contributed by atoms with Gasteiger partial charge in [-0.15, -0.1) is 0 Å². The molecule has 2 saturated heterocycles. The normalized spacial score (nSPS) is 26.5. The molecular formula is C13H17NO. The van der Waals surface area contributed by atoms with E-state index in [1.54, 1.807) is 0 Å². The molecule has 0 aliphatic carbocycles. The van der Waals surface area contributed by atoms with E-state index in [2.05, 4.69) is 29.6 Å². The average Bonchev–Trinajstić information content (AvgIpc) is 2.69. The molecule has 1 aromatic carbocycles. The largest absolute Gasteiger partial charge is 0.380 e. The Labute approximate surface area is 90.6 Å². The van der Waals surface area contributed by atoms with Gasteiger partial charge >= 0.3 is 0 Å². The van der Waals surface area contributed by atoms with Gasteiger partial charge in [0.25, 0.3) is 0 Å². The first kappa shape index (κ1) is 9.37. The Balaban J connectivity index is 1.74. The van der Waals surface area contributed by atoms with Gasteiger partial charge in [-0.3, -0.25) is 0 Å². The lowest BCUT2D eigenvalue weighted by atomic mass is 9.92. The molecule has 2 aliphatic heterocycles. The zero-order valence-electron chi connectivity index (χ0n) is 8.91. The van der Waals surface area contributed by atoms with Crippen molar-refractivity contribution in [3.63, 3.8) is 0 Å². The number of nitrogens with one attached hydrogen (secondary N) is 1. The molecule has 2 heteroatoms. The van der Waals surface area contributed by atoms with Crippen LogP contribution in [-0.2, 0) is 4.74 Å². The highest BCUT2D eigenvalue weighted by atomic mass is 16.5. The molecule has 0 spiro atoms. The van der Waals surface area contributed by atoms with E-state index >= 15 is 0 Å². The van der Waals surface area contributed by atoms with Crippen molar-refractivity contribution in [1.82, 2.24) is 5.32 Å². The van der Waals surface area contributed by atoms with Gasteiger partial charge in [-0.1, -0.05) is 24.3 Å². The van der Waals surface area contributed by atoms with Crippen molar-refractivity contribution in [2.24, 2.45) is 0 Å². The second-order valence-corrected chi connectivity index (χ2v) is 4.59. The van der Waals surface area contributed by atoms with Gasteiger partial charge in [0.15, 0.2) is 0 Å². The van der Waals surface area contributed by atoms with E-state index in [0.717, 1.165) is 25.7 Å². The first-order chi connectivity index (χ1) is 7.43. The summed E-state index contributed by atoms with van der Waals surface area (Å²) in [6.45, 7) is 4.13. The minimum Gasteiger partial charge on any atom is -0.380 e. The fraction of sp³-hybridized carbons (Fsp3) is 0.538. The van der Waals surface area contributed by atoms with Crippen LogP contribution in [0.2, 0.25) is 0 Å². The first-order valence-electron chi connectivity index (χ1n) is 5.82. The third-order valence-electron chi connectivity index (χ3n) is 3.58. The summed E-state index contributed by atoms with van der Waals surface area (Å²) in [7, 11) is 0. The van der Waals surface area contributed by atoms with E-state index in [-0.39, 0.29) is 0 Å². The lowest BCUT2D eigenvalue weighted by molar-refractivity contribution is 0.00841. The van der Waals surface area contributed by atoms with Gasteiger partial charge in [-0.2, -0.15) is 0 Å². The van der Waals surface area contributed by atoms with Crippen molar-refractivity contribution in [2.75, 3.05) is 26.3 Å². The molecule has 1 unspecified atom stereocenters. The number of rotatable bonds is 2. The third-order valence-corrected chi connectivity index (χ3v) is 3.58. The quantitative estimate of drug-likeness (QED) is 0.792. The summed E-state index contributed by atoms with van der Waals surface area (Å²) in [5, 5.41) is 3.41. The van der Waals surface area contributed by atoms with Crippen molar-refractivity contribution in [3.05, 3.63) is 35.4 Å². The van der Waals surface area contributed by atoms with Crippen LogP contribution in [0.25, 0.3) is 0 Å². The Morgan fingerprint density at radius 2 is 1.67 bits per heavy atom. The topological polar surface area (TPSA) is 21.3 Å². The summed E-state index contributed by atoms with van der Waals surface area (Å²) in [6.07, 6.45) is 1.28. The van der Waals surface area contributed by atoms with E-state index < -0.39 is 0 Å². The lowest BCUT2D eigenvalue weighted by Gasteiger charge is -2.26. The molecule has 1 atom stereocenters. The van der Waals surface area contributed by atoms with Crippen LogP contribution in [0.1, 0.15) is 29.4 Å². The molecule has 2 nitrogen and oxygen atoms in total. The Kier molecular flexibility index (Phi) is 2.47. The minimum absolute atomic E-state index is 0.653. The van der Waals surface area contributed by atoms with Crippen molar-refractivity contribution < 1.29 is 4.74 Å². The predicted molar refractivity (Wildman–Crippen MR) is 60.2 cm³/mol. The van der Waals surface area contributed by atoms with Gasteiger partial charge in [0, 0.05) is 12.5 Å². The van der Waals surface area contributed by atoms with Crippen LogP contribution in [0.4, 0.5) is 0 Å². The molecular weight excluding hydrogens is 186 g/mol. The monoisotopic (exact) mass is 203 g/mol. The molecule has 1 aromatic rings. The van der Waals surface area contributed by atoms with Crippen molar-refractivity contribution in [2.45, 2.75) is 18.3 Å². The predicted octanol–water partition coefficient (Wildman–Crippen LogP) is 1.88. The standard InChI is InChI=1S/C13H17NO/c1-3-11(13-8-15-9-13)4-2-10(1)12-5-6-14-7-12/h1-4,12-14H,5-9H2. The fourth-order valence-corrected chi connectivity index (χ4v) is 2.41. The van der Waals surface area contributed by atoms with Crippen LogP contribution in [-0.4, -0.2) is 26.3 Å². The number of hydrogen-bond acceptors (Lipinski definition) is 2. The molecule has 2 fully saturated rings. The summed E-state index contributed by atoms with van der Waals surface area (Å²) in [6, 6.07) is 9.15. The SMILES string of the molecule is c1cc(C2COC2)ccc1C1CCNC1. The molecule has 0 radical (unpaired) electrons. The second kappa shape index (κ2) is 3.95. The lowest BCUT2D eigenvalue weighted by Crippen LogP contribution is -2.24. The van der Waals surface area contributed by atoms with Crippen LogP contribution >= 0.6 is 0 Å². The maximum absolute atomic E-state index is 5.21. The molecule has 2 heterocycles. The highest BCUT2D eigenvalue weighted by molar-refractivity contribution is 5.29. The number of ether oxygens (including phenoxy) is 1. The van der Waals surface area contributed by atoms with Gasteiger partial charge in [0.1, 0.15) is 0 Å². The molecule has 0 saturated carbocycles. The van der Waals surface area contributed by atoms with Crippen molar-refractivity contribution in [1.29, 1.82) is 0 Å². The molecule has 80 valence electrons. The molecule has 0 amide bonds. The molecule has 1 N–H and O–H groups in total. The van der Waals surface area contributed by atoms with Gasteiger partial charge in [0.05, 0.1) is 13.2 Å². The number of hydrogen-bond donors (Lipinski definition) is 1. The molecule has 3 rings (SSSR count). The Bertz CT molecular complexity index is 323. The summed E-state index contributed by atoms with van der Waals surface area (Å²) >= 11 is 0. The maximum atomic E-state index is 5.21. The maximum Gasteiger partial charge on any atom is 0.0557 e. The van der Waals surface area contributed by atoms with Crippen LogP contribution in [0.15, 0.2) is 24.3 Å². The number of benzene rings is 1. The van der Waals surface area contributed by atoms with Gasteiger partial charge in [-0.05, 0) is 30.0 Å². The van der Waals surface area contributed by atoms with Crippen LogP contribution in [0, 0.1) is 0 Å². The van der Waals surface area contributed by atoms with Gasteiger partial charge in [-0.25, -0.2) is 0 Å². The molecule has 0 aromatic heterocycles. The van der Waals surface area contributed by atoms with Crippen LogP contribution < -0.4 is 5.32 Å². The Morgan fingerprint density at radius 3 is 2.13 bits per heavy atom. The summed E-state index contributed by atoms with van der Waals surface area (Å²) in [4.78, 5) is 0. The summed E-state index contributed by atoms with van der Waals surface area (Å²) in [5.41, 5.74) is 2.93. The molecule has 2 aliphatic rings. The zero-order chi connectivity index (χ0) is 10.1. The second-order valence-electron chi connectivity index (χ2n) is 4.59.